The fourth-order valence-electron chi connectivity index (χ4n) is 1.83. The summed E-state index contributed by atoms with van der Waals surface area (Å²) in [7, 11) is 0. The van der Waals surface area contributed by atoms with E-state index in [1.807, 2.05) is 0 Å². The Hall–Kier alpha value is -1.04. The summed E-state index contributed by atoms with van der Waals surface area (Å²) >= 11 is 5.06. The molecule has 2 fully saturated rings. The molecule has 2 aliphatic heterocycles. The highest BCUT2D eigenvalue weighted by atomic mass is 35.5. The third-order valence-electron chi connectivity index (χ3n) is 2.61. The van der Waals surface area contributed by atoms with Crippen LogP contribution < -0.4 is 0 Å². The predicted octanol–water partition coefficient (Wildman–Crippen LogP) is 0.184. The number of ether oxygens (including phenoxy) is 1. The molecule has 0 N–H and O–H groups in total. The van der Waals surface area contributed by atoms with Crippen molar-refractivity contribution in [1.82, 2.24) is 9.80 Å². The summed E-state index contributed by atoms with van der Waals surface area (Å²) in [5.41, 5.74) is -2.01. The second kappa shape index (κ2) is 3.84. The van der Waals surface area contributed by atoms with Crippen molar-refractivity contribution in [3.05, 3.63) is 0 Å². The molecule has 2 atom stereocenters. The lowest BCUT2D eigenvalue weighted by Gasteiger charge is -2.35. The number of hydrogen-bond acceptors (Lipinski definition) is 3. The third kappa shape index (κ3) is 1.86. The lowest BCUT2D eigenvalue weighted by Crippen LogP contribution is -2.54. The van der Waals surface area contributed by atoms with E-state index in [-0.39, 0.29) is 25.3 Å². The van der Waals surface area contributed by atoms with Gasteiger partial charge in [0.15, 0.2) is 0 Å². The molecule has 2 unspecified atom stereocenters. The minimum absolute atomic E-state index is 0.161. The van der Waals surface area contributed by atoms with E-state index in [2.05, 4.69) is 0 Å². The number of alkyl halides is 2. The second-order valence-electron chi connectivity index (χ2n) is 3.51. The number of rotatable bonds is 1. The van der Waals surface area contributed by atoms with Gasteiger partial charge >= 0.3 is 6.09 Å². The molecule has 0 aliphatic carbocycles. The first-order chi connectivity index (χ1) is 7.09. The van der Waals surface area contributed by atoms with Gasteiger partial charge in [-0.2, -0.15) is 0 Å². The number of hydrogen-bond donors (Lipinski definition) is 0. The average molecular weight is 237 g/mol. The zero-order valence-electron chi connectivity index (χ0n) is 7.86. The van der Waals surface area contributed by atoms with Crippen LogP contribution in [0.15, 0.2) is 0 Å². The van der Waals surface area contributed by atoms with Crippen LogP contribution in [-0.2, 0) is 9.53 Å². The lowest BCUT2D eigenvalue weighted by molar-refractivity contribution is -0.135. The van der Waals surface area contributed by atoms with Crippen LogP contribution in [0.5, 0.6) is 0 Å². The van der Waals surface area contributed by atoms with Crippen molar-refractivity contribution >= 4 is 23.6 Å². The summed E-state index contributed by atoms with van der Waals surface area (Å²) < 4.78 is 17.4. The molecule has 0 aromatic rings. The van der Waals surface area contributed by atoms with E-state index >= 15 is 0 Å². The molecule has 0 bridgehead atoms. The maximum absolute atomic E-state index is 12.6. The van der Waals surface area contributed by atoms with Crippen LogP contribution >= 0.6 is 11.6 Å². The number of piperazine rings is 1. The van der Waals surface area contributed by atoms with Crippen molar-refractivity contribution in [2.24, 2.45) is 0 Å². The van der Waals surface area contributed by atoms with Crippen LogP contribution in [0.4, 0.5) is 9.18 Å². The van der Waals surface area contributed by atoms with E-state index in [1.54, 1.807) is 4.90 Å². The van der Waals surface area contributed by atoms with Crippen molar-refractivity contribution in [3.63, 3.8) is 0 Å². The largest absolute Gasteiger partial charge is 0.447 e. The quantitative estimate of drug-likeness (QED) is 0.611. The Morgan fingerprint density at radius 3 is 3.00 bits per heavy atom. The monoisotopic (exact) mass is 236 g/mol. The molecule has 2 rings (SSSR count). The number of amides is 2. The Balaban J connectivity index is 1.99. The number of fused-ring (bicyclic) bond motifs is 1. The second-order valence-corrected chi connectivity index (χ2v) is 3.89. The van der Waals surface area contributed by atoms with Crippen molar-refractivity contribution in [3.8, 4) is 0 Å². The average Bonchev–Trinajstić information content (AvgIpc) is 2.59. The van der Waals surface area contributed by atoms with Crippen LogP contribution in [-0.4, -0.2) is 59.7 Å². The first kappa shape index (κ1) is 10.5. The van der Waals surface area contributed by atoms with E-state index in [0.29, 0.717) is 13.1 Å². The van der Waals surface area contributed by atoms with Crippen LogP contribution in [0, 0.1) is 0 Å². The molecule has 0 radical (unpaired) electrons. The smallest absolute Gasteiger partial charge is 0.410 e. The van der Waals surface area contributed by atoms with Crippen LogP contribution in [0.25, 0.3) is 0 Å². The summed E-state index contributed by atoms with van der Waals surface area (Å²) in [6, 6.07) is -0.161. The molecule has 0 aromatic heterocycles. The Bertz CT molecular complexity index is 300. The first-order valence-electron chi connectivity index (χ1n) is 4.60. The molecule has 0 aromatic carbocycles. The van der Waals surface area contributed by atoms with Gasteiger partial charge in [-0.3, -0.25) is 9.69 Å². The van der Waals surface area contributed by atoms with Crippen molar-refractivity contribution in [1.29, 1.82) is 0 Å². The molecule has 84 valence electrons. The molecule has 0 spiro atoms. The molecule has 2 aliphatic rings. The molecule has 5 nitrogen and oxygen atoms in total. The van der Waals surface area contributed by atoms with Gasteiger partial charge in [-0.25, -0.2) is 9.18 Å². The highest BCUT2D eigenvalue weighted by molar-refractivity contribution is 6.29. The molecule has 0 saturated carbocycles. The Labute approximate surface area is 90.7 Å². The lowest BCUT2D eigenvalue weighted by atomic mass is 10.2. The Morgan fingerprint density at radius 1 is 1.60 bits per heavy atom. The van der Waals surface area contributed by atoms with Crippen LogP contribution in [0.3, 0.4) is 0 Å². The SMILES string of the molecule is O=C(C(F)Cl)N1CCN2C(=O)OCC2C1. The molecular weight excluding hydrogens is 227 g/mol. The van der Waals surface area contributed by atoms with Gasteiger partial charge in [0.05, 0.1) is 6.04 Å². The summed E-state index contributed by atoms with van der Waals surface area (Å²) in [4.78, 5) is 25.2. The van der Waals surface area contributed by atoms with Crippen molar-refractivity contribution < 1.29 is 18.7 Å². The van der Waals surface area contributed by atoms with E-state index in [1.165, 1.54) is 4.90 Å². The van der Waals surface area contributed by atoms with Gasteiger partial charge < -0.3 is 9.64 Å². The summed E-state index contributed by atoms with van der Waals surface area (Å²) in [6.07, 6.45) is -0.366. The summed E-state index contributed by atoms with van der Waals surface area (Å²) in [5, 5.41) is 0. The Kier molecular flexibility index (Phi) is 2.68. The fraction of sp³-hybridized carbons (Fsp3) is 0.750. The predicted molar refractivity (Wildman–Crippen MR) is 49.2 cm³/mol. The van der Waals surface area contributed by atoms with E-state index < -0.39 is 11.5 Å². The number of halogens is 2. The number of carbonyl (C=O) groups excluding carboxylic acids is 2. The number of nitrogens with zero attached hydrogens (tertiary/aromatic N) is 2. The van der Waals surface area contributed by atoms with Gasteiger partial charge in [0.1, 0.15) is 6.61 Å². The van der Waals surface area contributed by atoms with Crippen LogP contribution in [0.1, 0.15) is 0 Å². The fourth-order valence-corrected chi connectivity index (χ4v) is 1.96. The van der Waals surface area contributed by atoms with E-state index in [9.17, 15) is 14.0 Å². The van der Waals surface area contributed by atoms with Gasteiger partial charge in [-0.05, 0) is 0 Å². The van der Waals surface area contributed by atoms with Gasteiger partial charge in [-0.15, -0.1) is 0 Å². The molecule has 15 heavy (non-hydrogen) atoms. The zero-order valence-corrected chi connectivity index (χ0v) is 8.61. The molecular formula is C8H10ClFN2O3. The maximum atomic E-state index is 12.6. The zero-order chi connectivity index (χ0) is 11.0. The van der Waals surface area contributed by atoms with E-state index in [0.717, 1.165) is 0 Å². The summed E-state index contributed by atoms with van der Waals surface area (Å²) in [5.74, 6) is -0.740. The molecule has 2 saturated heterocycles. The summed E-state index contributed by atoms with van der Waals surface area (Å²) in [6.45, 7) is 1.22. The van der Waals surface area contributed by atoms with Gasteiger partial charge in [0, 0.05) is 19.6 Å². The maximum Gasteiger partial charge on any atom is 0.410 e. The van der Waals surface area contributed by atoms with Crippen LogP contribution in [0.2, 0.25) is 0 Å². The standard InChI is InChI=1S/C8H10ClFN2O3/c9-6(10)7(13)11-1-2-12-5(3-11)4-15-8(12)14/h5-6H,1-4H2. The van der Waals surface area contributed by atoms with Gasteiger partial charge in [0.2, 0.25) is 0 Å². The van der Waals surface area contributed by atoms with E-state index in [4.69, 9.17) is 16.3 Å². The minimum Gasteiger partial charge on any atom is -0.447 e. The first-order valence-corrected chi connectivity index (χ1v) is 5.03. The van der Waals surface area contributed by atoms with Gasteiger partial charge in [0.25, 0.3) is 11.5 Å². The van der Waals surface area contributed by atoms with Crippen molar-refractivity contribution in [2.75, 3.05) is 26.2 Å². The number of cyclic esters (lactones) is 1. The topological polar surface area (TPSA) is 49.9 Å². The number of carbonyl (C=O) groups is 2. The highest BCUT2D eigenvalue weighted by Gasteiger charge is 2.39. The molecule has 7 heteroatoms. The Morgan fingerprint density at radius 2 is 2.33 bits per heavy atom. The molecule has 2 amide bonds. The van der Waals surface area contributed by atoms with Gasteiger partial charge in [-0.1, -0.05) is 11.6 Å². The molecule has 2 heterocycles. The third-order valence-corrected chi connectivity index (χ3v) is 2.80. The minimum atomic E-state index is -2.01. The highest BCUT2D eigenvalue weighted by Crippen LogP contribution is 2.19. The normalized spacial score (nSPS) is 27.3. The van der Waals surface area contributed by atoms with Crippen molar-refractivity contribution in [2.45, 2.75) is 11.7 Å².